The SMILES string of the molecule is [2H]c1c([2H])c([2H])c(-c2ccc3c(c2)n(-c2cccc(Oc4ccc5c6ccccc6n(-c6cc7c(cn6)C(C([2H])([2H])[2H])(C([2H])([2H])[2H])C([2H])([2H])C([2H])([2H])C7(C([2H])([2H])[2H])C([2H])([2H])[2H])c5c4)c2)[c-][n+]3-c2c(-c3c([2H])c([2H])c4c(c3[2H])C(C([2H])([2H])[2H])(C([2H])([2H])[2H])C([2H])([2H])C([2H])([2H])C4(C([2H])([2H])[2H])C([2H])([2H])[2H])cccc2-c2c([2H])c([2H])c3c(c2[2H])C(C([2H])([2H])[2H])(C([2H])([2H])[2H])C([2H])([2H])C([2H])([2H])C3(C([2H])([2H])[2H])C([2H])([2H])[2H])c([2H])c1[2H]. The zero-order chi connectivity index (χ0) is 108. The van der Waals surface area contributed by atoms with Crippen LogP contribution in [0.25, 0.3) is 83.4 Å². The Kier molecular flexibility index (Phi) is 4.29. The average Bonchev–Trinajstić information content (AvgIpc) is 0.651. The number of hydrogen-bond acceptors (Lipinski definition) is 2. The lowest BCUT2D eigenvalue weighted by Gasteiger charge is -2.42. The second kappa shape index (κ2) is 18.7. The second-order valence-corrected chi connectivity index (χ2v) is 20.1. The summed E-state index contributed by atoms with van der Waals surface area (Å²) >= 11 is 0. The van der Waals surface area contributed by atoms with E-state index in [0.29, 0.717) is 34.3 Å². The Hall–Kier alpha value is -8.02. The first-order chi connectivity index (χ1) is 63.8. The van der Waals surface area contributed by atoms with Gasteiger partial charge in [0.05, 0.1) is 48.5 Å². The highest BCUT2D eigenvalue weighted by Gasteiger charge is 2.40. The van der Waals surface area contributed by atoms with Crippen molar-refractivity contribution in [2.45, 2.75) is 153 Å². The van der Waals surface area contributed by atoms with Crippen LogP contribution in [0.2, 0.25) is 0 Å². The summed E-state index contributed by atoms with van der Waals surface area (Å²) in [5.74, 6) is -1.14. The molecule has 5 nitrogen and oxygen atoms in total. The molecule has 0 amide bonds. The Morgan fingerprint density at radius 2 is 1.06 bits per heavy atom. The number of nitrogens with zero attached hydrogens (tertiary/aromatic N) is 4. The number of benzene rings is 8. The molecule has 0 radical (unpaired) electrons. The maximum Gasteiger partial charge on any atom is 0.269 e. The fourth-order valence-corrected chi connectivity index (χ4v) is 10.6. The van der Waals surface area contributed by atoms with E-state index >= 15 is 0 Å². The number of para-hydroxylation sites is 2. The summed E-state index contributed by atoms with van der Waals surface area (Å²) in [5, 5.41) is 0.529. The van der Waals surface area contributed by atoms with Crippen molar-refractivity contribution in [3.63, 3.8) is 0 Å². The van der Waals surface area contributed by atoms with E-state index in [1.54, 1.807) is 12.1 Å². The Labute approximate surface area is 574 Å². The number of fused-ring (bicyclic) bond motifs is 7. The van der Waals surface area contributed by atoms with Crippen molar-refractivity contribution in [3.8, 4) is 62.1 Å². The van der Waals surface area contributed by atoms with Crippen molar-refractivity contribution >= 4 is 32.8 Å². The van der Waals surface area contributed by atoms with Gasteiger partial charge in [0.1, 0.15) is 17.3 Å². The van der Waals surface area contributed by atoms with Crippen LogP contribution in [0.1, 0.15) is 235 Å². The third-order valence-corrected chi connectivity index (χ3v) is 14.6. The molecule has 0 atom stereocenters. The molecule has 11 aromatic rings. The molecule has 0 spiro atoms. The van der Waals surface area contributed by atoms with Gasteiger partial charge in [-0.25, -0.2) is 4.98 Å². The molecule has 0 saturated heterocycles. The Morgan fingerprint density at radius 1 is 0.482 bits per heavy atom. The fourth-order valence-electron chi connectivity index (χ4n) is 10.6. The zero-order valence-corrected chi connectivity index (χ0v) is 42.7. The van der Waals surface area contributed by atoms with Crippen molar-refractivity contribution in [1.29, 1.82) is 0 Å². The van der Waals surface area contributed by atoms with Crippen LogP contribution in [-0.2, 0) is 32.5 Å². The predicted molar refractivity (Wildman–Crippen MR) is 344 cm³/mol. The molecular formula is C78H78N4O. The summed E-state index contributed by atoms with van der Waals surface area (Å²) in [6, 6.07) is 4.61. The van der Waals surface area contributed by atoms with Gasteiger partial charge in [-0.1, -0.05) is 203 Å². The second-order valence-electron chi connectivity index (χ2n) is 20.1. The number of imidazole rings is 1. The van der Waals surface area contributed by atoms with Crippen molar-refractivity contribution in [1.82, 2.24) is 14.1 Å². The topological polar surface area (TPSA) is 35.9 Å². The van der Waals surface area contributed by atoms with E-state index in [-0.39, 0.29) is 39.2 Å². The first-order valence-electron chi connectivity index (χ1n) is 54.6. The summed E-state index contributed by atoms with van der Waals surface area (Å²) in [4.78, 5) is 4.41. The molecule has 0 unspecified atom stereocenters. The van der Waals surface area contributed by atoms with E-state index in [1.165, 1.54) is 53.1 Å². The maximum atomic E-state index is 10.5. The van der Waals surface area contributed by atoms with Gasteiger partial charge in [0.15, 0.2) is 0 Å². The summed E-state index contributed by atoms with van der Waals surface area (Å²) < 4.78 is 554. The van der Waals surface area contributed by atoms with Gasteiger partial charge < -0.3 is 4.74 Å². The maximum absolute atomic E-state index is 10.5. The molecule has 0 aliphatic heterocycles. The van der Waals surface area contributed by atoms with Crippen molar-refractivity contribution in [2.24, 2.45) is 0 Å². The van der Waals surface area contributed by atoms with Gasteiger partial charge in [0.25, 0.3) is 6.33 Å². The van der Waals surface area contributed by atoms with Crippen molar-refractivity contribution < 1.29 is 90.2 Å². The minimum atomic E-state index is -5.03. The normalized spacial score (nSPS) is 33.8. The van der Waals surface area contributed by atoms with E-state index in [0.717, 1.165) is 34.9 Å². The molecule has 5 heteroatoms. The predicted octanol–water partition coefficient (Wildman–Crippen LogP) is 20.0. The van der Waals surface area contributed by atoms with Gasteiger partial charge in [0, 0.05) is 88.8 Å². The lowest BCUT2D eigenvalue weighted by atomic mass is 9.62. The number of rotatable bonds is 8. The highest BCUT2D eigenvalue weighted by molar-refractivity contribution is 6.09. The molecule has 3 aliphatic carbocycles. The van der Waals surface area contributed by atoms with Gasteiger partial charge in [-0.2, -0.15) is 0 Å². The molecule has 0 N–H and O–H groups in total. The van der Waals surface area contributed by atoms with E-state index in [9.17, 15) is 27.4 Å². The van der Waals surface area contributed by atoms with Crippen LogP contribution in [0.4, 0.5) is 0 Å². The largest absolute Gasteiger partial charge is 0.458 e. The van der Waals surface area contributed by atoms with Gasteiger partial charge >= 0.3 is 0 Å². The highest BCUT2D eigenvalue weighted by Crippen LogP contribution is 2.51. The van der Waals surface area contributed by atoms with Crippen LogP contribution in [0, 0.1) is 6.33 Å². The van der Waals surface area contributed by atoms with Crippen LogP contribution in [0.15, 0.2) is 182 Å². The highest BCUT2D eigenvalue weighted by atomic mass is 16.5. The van der Waals surface area contributed by atoms with Gasteiger partial charge in [-0.15, -0.1) is 0 Å². The first-order valence-corrected chi connectivity index (χ1v) is 25.1. The molecule has 0 bridgehead atoms. The molecule has 0 fully saturated rings. The van der Waals surface area contributed by atoms with E-state index in [4.69, 9.17) is 58.2 Å². The number of aromatic nitrogens is 4. The van der Waals surface area contributed by atoms with Crippen molar-refractivity contribution in [3.05, 3.63) is 222 Å². The van der Waals surface area contributed by atoms with Crippen LogP contribution < -0.4 is 9.30 Å². The summed E-state index contributed by atoms with van der Waals surface area (Å²) in [5.41, 5.74) is -47.5. The Bertz CT molecular complexity index is 6800. The third kappa shape index (κ3) is 8.78. The summed E-state index contributed by atoms with van der Waals surface area (Å²) in [7, 11) is 0. The standard InChI is InChI=1S/C78H78N4O/c1-73(2)36-38-75(5,6)63-42-52(28-33-61(63)73)57-25-19-26-58(53-29-34-62-64(43-53)76(7,8)39-37-74(62,3)4)72(57)81-49-80(70-44-51(30-35-68(70)81)50-20-14-13-15-21-50)54-22-18-23-55(45-54)83-56-31-32-60-59-24-16-17-27-67(59)82(69(60)46-56)71-47-65-66(48-79-71)78(11,12)41-40-77(65,9)10/h13-35,42-48H,36-41H2,1-12H3/i1D3,2D3,3D3,4D3,5D3,6D3,7D3,8D3,9D3,10D3,11D3,12D3,13D,14D,15D,20D,21D,28D,29D,33D,34D,36D2,37D2,38D2,39D2,40D2,41D2,42D,43D. The summed E-state index contributed by atoms with van der Waals surface area (Å²) in [6.45, 7) is -54.5. The molecule has 83 heavy (non-hydrogen) atoms. The molecule has 416 valence electrons. The Morgan fingerprint density at radius 3 is 1.71 bits per heavy atom. The average molecular weight is 1150 g/mol. The molecule has 3 aliphatic rings. The zero-order valence-electron chi connectivity index (χ0n) is 102. The quantitative estimate of drug-likeness (QED) is 0.112. The van der Waals surface area contributed by atoms with E-state index < -0.39 is 303 Å². The molecule has 3 aromatic heterocycles. The smallest absolute Gasteiger partial charge is 0.269 e. The van der Waals surface area contributed by atoms with Gasteiger partial charge in [-0.3, -0.25) is 13.7 Å². The fraction of sp³-hybridized carbons (Fsp3) is 0.308. The third-order valence-electron chi connectivity index (χ3n) is 14.6. The van der Waals surface area contributed by atoms with Gasteiger partial charge in [0.2, 0.25) is 0 Å². The van der Waals surface area contributed by atoms with Gasteiger partial charge in [-0.05, 0) is 186 Å². The van der Waals surface area contributed by atoms with Crippen LogP contribution in [0.5, 0.6) is 11.5 Å². The minimum absolute atomic E-state index is 0.0543. The lowest BCUT2D eigenvalue weighted by Crippen LogP contribution is -2.34. The van der Waals surface area contributed by atoms with E-state index in [2.05, 4.69) is 11.3 Å². The number of pyridine rings is 1. The minimum Gasteiger partial charge on any atom is -0.458 e. The van der Waals surface area contributed by atoms with Crippen LogP contribution in [0.3, 0.4) is 0 Å². The molecular weight excluding hydrogens is 1010 g/mol. The molecule has 3 heterocycles. The monoisotopic (exact) mass is 1150 g/mol. The lowest BCUT2D eigenvalue weighted by molar-refractivity contribution is -0.571. The number of hydrogen-bond donors (Lipinski definition) is 0. The number of ether oxygens (including phenoxy) is 1. The van der Waals surface area contributed by atoms with E-state index in [1.807, 2.05) is 0 Å². The first kappa shape index (κ1) is 19.0. The molecule has 0 saturated carbocycles. The Balaban J connectivity index is 1.15. The molecule has 8 aromatic carbocycles. The molecule has 14 rings (SSSR count). The van der Waals surface area contributed by atoms with Crippen LogP contribution >= 0.6 is 0 Å². The van der Waals surface area contributed by atoms with Crippen LogP contribution in [-0.4, -0.2) is 14.1 Å². The van der Waals surface area contributed by atoms with Crippen molar-refractivity contribution in [2.75, 3.05) is 0 Å². The summed E-state index contributed by atoms with van der Waals surface area (Å²) in [6.07, 6.45) is -25.5.